The Labute approximate surface area is 141 Å². The molecule has 0 fully saturated rings. The Morgan fingerprint density at radius 2 is 2.14 bits per heavy atom. The summed E-state index contributed by atoms with van der Waals surface area (Å²) >= 11 is 5.71. The second kappa shape index (κ2) is 7.22. The molecule has 0 bridgehead atoms. The average molecular weight is 371 g/mol. The molecule has 11 heteroatoms. The molecular weight excluding hydrogens is 362 g/mol. The number of nitrogens with two attached hydrogens (primary N) is 1. The lowest BCUT2D eigenvalue weighted by molar-refractivity contribution is -0.115. The number of amides is 1. The van der Waals surface area contributed by atoms with E-state index in [9.17, 15) is 4.79 Å². The van der Waals surface area contributed by atoms with Crippen LogP contribution in [0.15, 0.2) is 30.7 Å². The maximum atomic E-state index is 10.7. The average Bonchev–Trinajstić information content (AvgIpc) is 3.23. The first-order valence-electron chi connectivity index (χ1n) is 5.94. The predicted molar refractivity (Wildman–Crippen MR) is 87.0 cm³/mol. The van der Waals surface area contributed by atoms with E-state index in [2.05, 4.69) is 20.3 Å². The number of hydrogen-bond donors (Lipinski definition) is 1. The van der Waals surface area contributed by atoms with Crippen LogP contribution in [0, 0.1) is 0 Å². The van der Waals surface area contributed by atoms with Gasteiger partial charge in [0.15, 0.2) is 8.68 Å². The molecule has 0 atom stereocenters. The number of thioether (sulfide) groups is 2. The van der Waals surface area contributed by atoms with Crippen molar-refractivity contribution in [3.8, 4) is 10.7 Å². The standard InChI is InChI=1S/C11H9N5O2S4/c12-7(17)4-20-10-14-15-11(22-10)21-5-8-13-9(16-18-8)6-2-1-3-19-6/h1-3H,4-5H2,(H2,12,17). The summed E-state index contributed by atoms with van der Waals surface area (Å²) < 4.78 is 6.71. The molecule has 0 aromatic carbocycles. The van der Waals surface area contributed by atoms with Crippen LogP contribution in [0.1, 0.15) is 5.89 Å². The zero-order valence-corrected chi connectivity index (χ0v) is 14.2. The number of aromatic nitrogens is 4. The Morgan fingerprint density at radius 1 is 1.32 bits per heavy atom. The normalized spacial score (nSPS) is 10.9. The van der Waals surface area contributed by atoms with E-state index in [0.29, 0.717) is 21.8 Å². The van der Waals surface area contributed by atoms with E-state index in [1.165, 1.54) is 34.9 Å². The van der Waals surface area contributed by atoms with Gasteiger partial charge in [-0.2, -0.15) is 4.98 Å². The minimum atomic E-state index is -0.374. The Bertz CT molecular complexity index is 754. The highest BCUT2D eigenvalue weighted by molar-refractivity contribution is 8.03. The highest BCUT2D eigenvalue weighted by Crippen LogP contribution is 2.30. The Hall–Kier alpha value is -1.43. The number of thiophene rings is 1. The molecule has 2 N–H and O–H groups in total. The fourth-order valence-corrected chi connectivity index (χ4v) is 4.64. The third kappa shape index (κ3) is 4.06. The molecule has 0 radical (unpaired) electrons. The van der Waals surface area contributed by atoms with Crippen molar-refractivity contribution < 1.29 is 9.32 Å². The minimum absolute atomic E-state index is 0.202. The van der Waals surface area contributed by atoms with Gasteiger partial charge in [0, 0.05) is 0 Å². The van der Waals surface area contributed by atoms with Gasteiger partial charge in [-0.15, -0.1) is 21.5 Å². The molecule has 0 aliphatic heterocycles. The van der Waals surface area contributed by atoms with Gasteiger partial charge in [-0.05, 0) is 11.4 Å². The van der Waals surface area contributed by atoms with Crippen molar-refractivity contribution in [1.29, 1.82) is 0 Å². The van der Waals surface area contributed by atoms with Crippen LogP contribution in [0.4, 0.5) is 0 Å². The van der Waals surface area contributed by atoms with Crippen molar-refractivity contribution in [2.75, 3.05) is 5.75 Å². The Balaban J connectivity index is 1.55. The van der Waals surface area contributed by atoms with Crippen molar-refractivity contribution in [1.82, 2.24) is 20.3 Å². The topological polar surface area (TPSA) is 108 Å². The molecule has 0 spiro atoms. The van der Waals surface area contributed by atoms with Gasteiger partial charge in [0.25, 0.3) is 0 Å². The number of carbonyl (C=O) groups excluding carboxylic acids is 1. The summed E-state index contributed by atoms with van der Waals surface area (Å²) in [5.41, 5.74) is 5.09. The maximum Gasteiger partial charge on any atom is 0.237 e. The summed E-state index contributed by atoms with van der Waals surface area (Å²) in [6, 6.07) is 3.89. The SMILES string of the molecule is NC(=O)CSc1nnc(SCc2nc(-c3cccs3)no2)s1. The van der Waals surface area contributed by atoms with E-state index in [0.717, 1.165) is 9.22 Å². The third-order valence-electron chi connectivity index (χ3n) is 2.25. The second-order valence-corrected chi connectivity index (χ2v) is 8.24. The lowest BCUT2D eigenvalue weighted by Gasteiger charge is -1.90. The van der Waals surface area contributed by atoms with Gasteiger partial charge in [0.1, 0.15) is 0 Å². The first-order chi connectivity index (χ1) is 10.7. The van der Waals surface area contributed by atoms with Crippen molar-refractivity contribution in [3.05, 3.63) is 23.4 Å². The van der Waals surface area contributed by atoms with Gasteiger partial charge in [0.2, 0.25) is 17.6 Å². The van der Waals surface area contributed by atoms with Crippen molar-refractivity contribution in [2.45, 2.75) is 14.4 Å². The highest BCUT2D eigenvalue weighted by Gasteiger charge is 2.12. The van der Waals surface area contributed by atoms with E-state index >= 15 is 0 Å². The van der Waals surface area contributed by atoms with E-state index in [-0.39, 0.29) is 11.7 Å². The quantitative estimate of drug-likeness (QED) is 0.631. The number of rotatable bonds is 7. The monoisotopic (exact) mass is 371 g/mol. The molecule has 0 aliphatic carbocycles. The van der Waals surface area contributed by atoms with Crippen LogP contribution in [0.5, 0.6) is 0 Å². The summed E-state index contributed by atoms with van der Waals surface area (Å²) in [7, 11) is 0. The fraction of sp³-hybridized carbons (Fsp3) is 0.182. The zero-order chi connectivity index (χ0) is 15.4. The number of nitrogens with zero attached hydrogens (tertiary/aromatic N) is 4. The van der Waals surface area contributed by atoms with Crippen LogP contribution >= 0.6 is 46.2 Å². The highest BCUT2D eigenvalue weighted by atomic mass is 32.2. The molecule has 0 saturated heterocycles. The molecule has 0 saturated carbocycles. The molecule has 3 heterocycles. The summed E-state index contributed by atoms with van der Waals surface area (Å²) in [5, 5.41) is 13.9. The first kappa shape index (κ1) is 15.5. The van der Waals surface area contributed by atoms with Gasteiger partial charge >= 0.3 is 0 Å². The van der Waals surface area contributed by atoms with Gasteiger partial charge in [-0.25, -0.2) is 0 Å². The molecule has 1 amide bonds. The largest absolute Gasteiger partial charge is 0.369 e. The van der Waals surface area contributed by atoms with Gasteiger partial charge in [-0.1, -0.05) is 46.1 Å². The van der Waals surface area contributed by atoms with Crippen molar-refractivity contribution in [3.63, 3.8) is 0 Å². The van der Waals surface area contributed by atoms with Crippen molar-refractivity contribution >= 4 is 52.1 Å². The number of primary amides is 1. The maximum absolute atomic E-state index is 10.7. The molecule has 3 rings (SSSR count). The lowest BCUT2D eigenvalue weighted by Crippen LogP contribution is -2.12. The molecule has 22 heavy (non-hydrogen) atoms. The summed E-state index contributed by atoms with van der Waals surface area (Å²) in [5.74, 6) is 1.48. The summed E-state index contributed by atoms with van der Waals surface area (Å²) in [6.45, 7) is 0. The predicted octanol–water partition coefficient (Wildman–Crippen LogP) is 2.52. The lowest BCUT2D eigenvalue weighted by atomic mass is 10.4. The van der Waals surface area contributed by atoms with Gasteiger partial charge < -0.3 is 10.3 Å². The fourth-order valence-electron chi connectivity index (χ4n) is 1.39. The van der Waals surface area contributed by atoms with Crippen LogP contribution in [0.2, 0.25) is 0 Å². The number of carbonyl (C=O) groups is 1. The van der Waals surface area contributed by atoms with Crippen LogP contribution in [0.3, 0.4) is 0 Å². The molecule has 0 aliphatic rings. The summed E-state index contributed by atoms with van der Waals surface area (Å²) in [4.78, 5) is 16.0. The zero-order valence-electron chi connectivity index (χ0n) is 11.0. The van der Waals surface area contributed by atoms with E-state index in [4.69, 9.17) is 10.3 Å². The van der Waals surface area contributed by atoms with Crippen LogP contribution in [0.25, 0.3) is 10.7 Å². The smallest absolute Gasteiger partial charge is 0.237 e. The molecule has 114 valence electrons. The van der Waals surface area contributed by atoms with Crippen LogP contribution < -0.4 is 5.73 Å². The van der Waals surface area contributed by atoms with E-state index in [1.54, 1.807) is 11.3 Å². The molecule has 7 nitrogen and oxygen atoms in total. The first-order valence-corrected chi connectivity index (χ1v) is 9.61. The summed E-state index contributed by atoms with van der Waals surface area (Å²) in [6.07, 6.45) is 0. The Morgan fingerprint density at radius 3 is 2.86 bits per heavy atom. The molecule has 0 unspecified atom stereocenters. The Kier molecular flexibility index (Phi) is 5.08. The number of hydrogen-bond acceptors (Lipinski definition) is 10. The van der Waals surface area contributed by atoms with Crippen molar-refractivity contribution in [2.24, 2.45) is 5.73 Å². The van der Waals surface area contributed by atoms with E-state index in [1.807, 2.05) is 17.5 Å². The second-order valence-electron chi connectivity index (χ2n) is 3.87. The van der Waals surface area contributed by atoms with Gasteiger partial charge in [0.05, 0.1) is 16.4 Å². The van der Waals surface area contributed by atoms with E-state index < -0.39 is 0 Å². The van der Waals surface area contributed by atoms with Gasteiger partial charge in [-0.3, -0.25) is 4.79 Å². The van der Waals surface area contributed by atoms with Crippen LogP contribution in [-0.4, -0.2) is 32.0 Å². The molecular formula is C11H9N5O2S4. The molecule has 3 aromatic rings. The third-order valence-corrected chi connectivity index (χ3v) is 6.32. The van der Waals surface area contributed by atoms with Crippen LogP contribution in [-0.2, 0) is 10.5 Å². The minimum Gasteiger partial charge on any atom is -0.369 e. The molecule has 3 aromatic heterocycles.